The van der Waals surface area contributed by atoms with Crippen molar-refractivity contribution < 1.29 is 28.4 Å². The van der Waals surface area contributed by atoms with E-state index in [2.05, 4.69) is 5.73 Å². The van der Waals surface area contributed by atoms with Crippen molar-refractivity contribution >= 4 is 9.84 Å². The van der Waals surface area contributed by atoms with Crippen LogP contribution in [0.25, 0.3) is 0 Å². The number of ether oxygens (including phenoxy) is 3. The highest BCUT2D eigenvalue weighted by Crippen LogP contribution is 2.36. The van der Waals surface area contributed by atoms with Gasteiger partial charge in [-0.2, -0.15) is 0 Å². The number of hydrogen-bond donors (Lipinski definition) is 1. The van der Waals surface area contributed by atoms with E-state index in [0.29, 0.717) is 22.8 Å². The second kappa shape index (κ2) is 7.55. The molecule has 6 nitrogen and oxygen atoms in total. The molecule has 0 fully saturated rings. The zero-order chi connectivity index (χ0) is 17.7. The maximum atomic E-state index is 13.0. The van der Waals surface area contributed by atoms with Crippen LogP contribution in [0.1, 0.15) is 10.8 Å². The van der Waals surface area contributed by atoms with Crippen LogP contribution in [-0.2, 0) is 9.84 Å². The van der Waals surface area contributed by atoms with E-state index in [-0.39, 0.29) is 11.4 Å². The molecule has 2 aromatic carbocycles. The van der Waals surface area contributed by atoms with Crippen LogP contribution >= 0.6 is 0 Å². The van der Waals surface area contributed by atoms with E-state index in [1.165, 1.54) is 26.4 Å². The molecule has 0 saturated heterocycles. The first-order valence-electron chi connectivity index (χ1n) is 7.37. The Hall–Kier alpha value is -2.25. The molecule has 130 valence electrons. The van der Waals surface area contributed by atoms with Crippen LogP contribution in [0.5, 0.6) is 17.2 Å². The lowest BCUT2D eigenvalue weighted by Crippen LogP contribution is -2.54. The molecule has 0 aromatic heterocycles. The van der Waals surface area contributed by atoms with Crippen molar-refractivity contribution in [2.45, 2.75) is 10.1 Å². The van der Waals surface area contributed by atoms with Gasteiger partial charge in [-0.25, -0.2) is 8.42 Å². The van der Waals surface area contributed by atoms with Gasteiger partial charge < -0.3 is 19.9 Å². The summed E-state index contributed by atoms with van der Waals surface area (Å²) in [5.41, 5.74) is 4.37. The number of sulfone groups is 1. The van der Waals surface area contributed by atoms with Crippen LogP contribution in [0.4, 0.5) is 0 Å². The number of rotatable bonds is 7. The zero-order valence-electron chi connectivity index (χ0n) is 14.0. The maximum absolute atomic E-state index is 13.0. The van der Waals surface area contributed by atoms with Gasteiger partial charge in [-0.1, -0.05) is 6.07 Å². The summed E-state index contributed by atoms with van der Waals surface area (Å²) in [4.78, 5) is 0.217. The van der Waals surface area contributed by atoms with E-state index in [1.54, 1.807) is 37.4 Å². The van der Waals surface area contributed by atoms with Crippen molar-refractivity contribution in [3.63, 3.8) is 0 Å². The summed E-state index contributed by atoms with van der Waals surface area (Å²) >= 11 is 0. The van der Waals surface area contributed by atoms with Crippen LogP contribution in [0.2, 0.25) is 0 Å². The fourth-order valence-corrected chi connectivity index (χ4v) is 4.18. The Morgan fingerprint density at radius 2 is 1.50 bits per heavy atom. The van der Waals surface area contributed by atoms with Crippen LogP contribution in [0, 0.1) is 0 Å². The van der Waals surface area contributed by atoms with Crippen LogP contribution < -0.4 is 19.9 Å². The average molecular weight is 352 g/mol. The Morgan fingerprint density at radius 3 is 2.00 bits per heavy atom. The van der Waals surface area contributed by atoms with Crippen molar-refractivity contribution in [2.75, 3.05) is 27.9 Å². The Labute approximate surface area is 142 Å². The maximum Gasteiger partial charge on any atom is 0.191 e. The van der Waals surface area contributed by atoms with Gasteiger partial charge in [0.2, 0.25) is 0 Å². The van der Waals surface area contributed by atoms with Crippen molar-refractivity contribution in [3.8, 4) is 17.2 Å². The summed E-state index contributed by atoms with van der Waals surface area (Å²) in [6, 6.07) is 11.4. The summed E-state index contributed by atoms with van der Waals surface area (Å²) in [6.45, 7) is 0.178. The first kappa shape index (κ1) is 18.1. The fourth-order valence-electron chi connectivity index (χ4n) is 2.49. The van der Waals surface area contributed by atoms with E-state index >= 15 is 0 Å². The molecular formula is C17H22NO5S+. The largest absolute Gasteiger partial charge is 0.497 e. The van der Waals surface area contributed by atoms with Gasteiger partial charge in [-0.05, 0) is 30.3 Å². The first-order valence-corrected chi connectivity index (χ1v) is 8.91. The predicted octanol–water partition coefficient (Wildman–Crippen LogP) is 1.47. The third kappa shape index (κ3) is 3.47. The van der Waals surface area contributed by atoms with Crippen molar-refractivity contribution in [1.29, 1.82) is 0 Å². The van der Waals surface area contributed by atoms with Gasteiger partial charge >= 0.3 is 0 Å². The molecule has 24 heavy (non-hydrogen) atoms. The average Bonchev–Trinajstić information content (AvgIpc) is 2.62. The molecule has 0 amide bonds. The van der Waals surface area contributed by atoms with Crippen LogP contribution in [-0.4, -0.2) is 36.3 Å². The van der Waals surface area contributed by atoms with Crippen LogP contribution in [0.15, 0.2) is 47.4 Å². The normalized spacial score (nSPS) is 12.5. The predicted molar refractivity (Wildman–Crippen MR) is 90.2 cm³/mol. The minimum Gasteiger partial charge on any atom is -0.497 e. The number of quaternary nitrogens is 1. The molecule has 0 aliphatic carbocycles. The van der Waals surface area contributed by atoms with Gasteiger partial charge in [-0.15, -0.1) is 0 Å². The molecule has 2 rings (SSSR count). The smallest absolute Gasteiger partial charge is 0.191 e. The van der Waals surface area contributed by atoms with Gasteiger partial charge in [0, 0.05) is 11.6 Å². The molecule has 0 unspecified atom stereocenters. The lowest BCUT2D eigenvalue weighted by molar-refractivity contribution is -0.367. The van der Waals surface area contributed by atoms with E-state index in [0.717, 1.165) is 0 Å². The number of hydrogen-bond acceptors (Lipinski definition) is 5. The van der Waals surface area contributed by atoms with E-state index < -0.39 is 15.1 Å². The molecule has 0 spiro atoms. The third-order valence-electron chi connectivity index (χ3n) is 3.81. The topological polar surface area (TPSA) is 89.5 Å². The van der Waals surface area contributed by atoms with Crippen molar-refractivity contribution in [3.05, 3.63) is 48.0 Å². The van der Waals surface area contributed by atoms with E-state index in [4.69, 9.17) is 14.2 Å². The molecule has 0 radical (unpaired) electrons. The summed E-state index contributed by atoms with van der Waals surface area (Å²) in [5.74, 6) is 1.66. The van der Waals surface area contributed by atoms with Gasteiger partial charge in [-0.3, -0.25) is 0 Å². The molecule has 0 aliphatic heterocycles. The molecule has 7 heteroatoms. The van der Waals surface area contributed by atoms with Gasteiger partial charge in [0.25, 0.3) is 0 Å². The minimum absolute atomic E-state index is 0.178. The standard InChI is InChI=1S/C17H21NO5S/c1-21-12-4-7-14(8-5-12)24(19,20)17(11-18)15-9-6-13(22-2)10-16(15)23-3/h4-10,17H,11,18H2,1-3H3/p+1/t17-/m1/s1. The SMILES string of the molecule is COc1ccc(S(=O)(=O)[C@H](C[NH3+])c2ccc(OC)cc2OC)cc1. The Kier molecular flexibility index (Phi) is 5.69. The Bertz CT molecular complexity index is 787. The molecule has 2 aromatic rings. The molecule has 0 aliphatic rings. The second-order valence-corrected chi connectivity index (χ2v) is 7.24. The van der Waals surface area contributed by atoms with Crippen molar-refractivity contribution in [1.82, 2.24) is 0 Å². The second-order valence-electron chi connectivity index (χ2n) is 5.11. The number of methoxy groups -OCH3 is 3. The first-order chi connectivity index (χ1) is 11.5. The molecule has 3 N–H and O–H groups in total. The molecule has 0 heterocycles. The van der Waals surface area contributed by atoms with Gasteiger partial charge in [0.05, 0.1) is 32.8 Å². The highest BCUT2D eigenvalue weighted by molar-refractivity contribution is 7.91. The molecule has 0 bridgehead atoms. The summed E-state index contributed by atoms with van der Waals surface area (Å²) in [5, 5.41) is -0.813. The minimum atomic E-state index is -3.62. The van der Waals surface area contributed by atoms with E-state index in [1.807, 2.05) is 0 Å². The third-order valence-corrected chi connectivity index (χ3v) is 5.98. The summed E-state index contributed by atoms with van der Waals surface area (Å²) in [7, 11) is 0.954. The van der Waals surface area contributed by atoms with Crippen molar-refractivity contribution in [2.24, 2.45) is 0 Å². The molecular weight excluding hydrogens is 330 g/mol. The monoisotopic (exact) mass is 352 g/mol. The Balaban J connectivity index is 2.49. The number of benzene rings is 2. The summed E-state index contributed by atoms with van der Waals surface area (Å²) in [6.07, 6.45) is 0. The molecule has 1 atom stereocenters. The van der Waals surface area contributed by atoms with Crippen LogP contribution in [0.3, 0.4) is 0 Å². The summed E-state index contributed by atoms with van der Waals surface area (Å²) < 4.78 is 41.6. The highest BCUT2D eigenvalue weighted by atomic mass is 32.2. The highest BCUT2D eigenvalue weighted by Gasteiger charge is 2.32. The van der Waals surface area contributed by atoms with Gasteiger partial charge in [0.15, 0.2) is 9.84 Å². The van der Waals surface area contributed by atoms with Gasteiger partial charge in [0.1, 0.15) is 22.5 Å². The quantitative estimate of drug-likeness (QED) is 0.815. The van der Waals surface area contributed by atoms with E-state index in [9.17, 15) is 8.42 Å². The lowest BCUT2D eigenvalue weighted by atomic mass is 10.1. The zero-order valence-corrected chi connectivity index (χ0v) is 14.8. The molecule has 0 saturated carbocycles. The Morgan fingerprint density at radius 1 is 0.917 bits per heavy atom. The lowest BCUT2D eigenvalue weighted by Gasteiger charge is -2.18. The fraction of sp³-hybridized carbons (Fsp3) is 0.294.